The Morgan fingerprint density at radius 2 is 1.72 bits per heavy atom. The Morgan fingerprint density at radius 1 is 1.07 bits per heavy atom. The summed E-state index contributed by atoms with van der Waals surface area (Å²) < 4.78 is 28.9. The molecule has 8 heteroatoms. The quantitative estimate of drug-likeness (QED) is 0.623. The van der Waals surface area contributed by atoms with Crippen LogP contribution in [-0.4, -0.2) is 29.9 Å². The second-order valence-corrected chi connectivity index (χ2v) is 8.77. The molecule has 1 heterocycles. The molecule has 0 saturated heterocycles. The molecule has 0 fully saturated rings. The van der Waals surface area contributed by atoms with Gasteiger partial charge >= 0.3 is 0 Å². The summed E-state index contributed by atoms with van der Waals surface area (Å²) in [6, 6.07) is 13.2. The van der Waals surface area contributed by atoms with Crippen LogP contribution in [0, 0.1) is 6.92 Å². The predicted molar refractivity (Wildman–Crippen MR) is 112 cm³/mol. The van der Waals surface area contributed by atoms with E-state index in [0.29, 0.717) is 17.8 Å². The summed E-state index contributed by atoms with van der Waals surface area (Å²) in [4.78, 5) is 16.8. The maximum atomic E-state index is 12.5. The number of benzene rings is 2. The molecule has 0 saturated carbocycles. The van der Waals surface area contributed by atoms with Gasteiger partial charge in [-0.25, -0.2) is 18.1 Å². The number of rotatable bonds is 7. The maximum absolute atomic E-state index is 12.5. The minimum Gasteiger partial charge on any atom is -0.331 e. The summed E-state index contributed by atoms with van der Waals surface area (Å²) in [5, 5.41) is 2.82. The summed E-state index contributed by atoms with van der Waals surface area (Å²) >= 11 is 0. The number of carbonyl (C=O) groups excluding carboxylic acids is 1. The summed E-state index contributed by atoms with van der Waals surface area (Å²) in [5.74, 6) is 0.639. The SMILES string of the molecule is Cc1nccn1Cc1ccc(NC(=O)c2ccc(S(=O)(=O)NC(C)C)cc2)cc1. The lowest BCUT2D eigenvalue weighted by Gasteiger charge is -2.10. The topological polar surface area (TPSA) is 93.1 Å². The van der Waals surface area contributed by atoms with E-state index in [1.165, 1.54) is 24.3 Å². The number of sulfonamides is 1. The third-order valence-corrected chi connectivity index (χ3v) is 5.98. The lowest BCUT2D eigenvalue weighted by atomic mass is 10.2. The average Bonchev–Trinajstić information content (AvgIpc) is 3.07. The highest BCUT2D eigenvalue weighted by molar-refractivity contribution is 7.89. The summed E-state index contributed by atoms with van der Waals surface area (Å²) in [6.45, 7) is 6.16. The fourth-order valence-corrected chi connectivity index (χ4v) is 4.08. The zero-order chi connectivity index (χ0) is 21.0. The molecule has 152 valence electrons. The summed E-state index contributed by atoms with van der Waals surface area (Å²) in [6.07, 6.45) is 3.69. The van der Waals surface area contributed by atoms with Crippen molar-refractivity contribution in [2.45, 2.75) is 38.3 Å². The van der Waals surface area contributed by atoms with Crippen molar-refractivity contribution in [1.82, 2.24) is 14.3 Å². The van der Waals surface area contributed by atoms with Crippen LogP contribution in [0.4, 0.5) is 5.69 Å². The second kappa shape index (κ2) is 8.59. The number of nitrogens with zero attached hydrogens (tertiary/aromatic N) is 2. The summed E-state index contributed by atoms with van der Waals surface area (Å²) in [5.41, 5.74) is 2.14. The van der Waals surface area contributed by atoms with Crippen molar-refractivity contribution in [3.05, 3.63) is 77.9 Å². The highest BCUT2D eigenvalue weighted by atomic mass is 32.2. The van der Waals surface area contributed by atoms with Gasteiger partial charge in [0.2, 0.25) is 10.0 Å². The molecule has 0 bridgehead atoms. The molecule has 2 aromatic carbocycles. The number of hydrogen-bond acceptors (Lipinski definition) is 4. The van der Waals surface area contributed by atoms with Crippen LogP contribution in [0.2, 0.25) is 0 Å². The Balaban J connectivity index is 1.65. The molecule has 2 N–H and O–H groups in total. The first-order valence-corrected chi connectivity index (χ1v) is 10.7. The molecule has 3 rings (SSSR count). The number of imidazole rings is 1. The number of carbonyl (C=O) groups is 1. The van der Waals surface area contributed by atoms with Gasteiger partial charge in [-0.05, 0) is 62.7 Å². The van der Waals surface area contributed by atoms with E-state index in [-0.39, 0.29) is 16.8 Å². The minimum atomic E-state index is -3.58. The first-order valence-electron chi connectivity index (χ1n) is 9.25. The Morgan fingerprint density at radius 3 is 2.28 bits per heavy atom. The minimum absolute atomic E-state index is 0.127. The van der Waals surface area contributed by atoms with E-state index in [4.69, 9.17) is 0 Å². The average molecular weight is 413 g/mol. The first kappa shape index (κ1) is 20.8. The van der Waals surface area contributed by atoms with E-state index in [1.807, 2.05) is 42.0 Å². The van der Waals surface area contributed by atoms with Crippen LogP contribution in [0.1, 0.15) is 35.6 Å². The van der Waals surface area contributed by atoms with Crippen LogP contribution >= 0.6 is 0 Å². The molecule has 0 aliphatic rings. The van der Waals surface area contributed by atoms with Gasteiger partial charge in [-0.15, -0.1) is 0 Å². The van der Waals surface area contributed by atoms with Crippen LogP contribution in [0.3, 0.4) is 0 Å². The first-order chi connectivity index (χ1) is 13.7. The van der Waals surface area contributed by atoms with E-state index in [0.717, 1.165) is 11.4 Å². The van der Waals surface area contributed by atoms with E-state index in [9.17, 15) is 13.2 Å². The third kappa shape index (κ3) is 5.30. The fourth-order valence-electron chi connectivity index (χ4n) is 2.83. The van der Waals surface area contributed by atoms with Gasteiger partial charge in [-0.2, -0.15) is 0 Å². The third-order valence-electron chi connectivity index (χ3n) is 4.31. The number of nitrogens with one attached hydrogen (secondary N) is 2. The second-order valence-electron chi connectivity index (χ2n) is 7.05. The molecule has 1 amide bonds. The van der Waals surface area contributed by atoms with Crippen molar-refractivity contribution < 1.29 is 13.2 Å². The summed E-state index contributed by atoms with van der Waals surface area (Å²) in [7, 11) is -3.58. The fraction of sp³-hybridized carbons (Fsp3) is 0.238. The van der Waals surface area contributed by atoms with Crippen molar-refractivity contribution >= 4 is 21.6 Å². The van der Waals surface area contributed by atoms with Gasteiger partial charge in [0.1, 0.15) is 5.82 Å². The van der Waals surface area contributed by atoms with Crippen molar-refractivity contribution in [1.29, 1.82) is 0 Å². The van der Waals surface area contributed by atoms with Gasteiger partial charge in [0.05, 0.1) is 4.90 Å². The molecule has 1 aromatic heterocycles. The van der Waals surface area contributed by atoms with E-state index in [2.05, 4.69) is 15.0 Å². The Kier molecular flexibility index (Phi) is 6.14. The van der Waals surface area contributed by atoms with Crippen LogP contribution in [-0.2, 0) is 16.6 Å². The Bertz CT molecular complexity index is 1090. The van der Waals surface area contributed by atoms with Crippen molar-refractivity contribution in [3.63, 3.8) is 0 Å². The van der Waals surface area contributed by atoms with Gasteiger partial charge in [-0.1, -0.05) is 12.1 Å². The van der Waals surface area contributed by atoms with Crippen molar-refractivity contribution in [3.8, 4) is 0 Å². The van der Waals surface area contributed by atoms with E-state index < -0.39 is 10.0 Å². The number of aryl methyl sites for hydroxylation is 1. The normalized spacial score (nSPS) is 11.6. The standard InChI is InChI=1S/C21H24N4O3S/c1-15(2)24-29(27,28)20-10-6-18(7-11-20)21(26)23-19-8-4-17(5-9-19)14-25-13-12-22-16(25)3/h4-13,15,24H,14H2,1-3H3,(H,23,26). The molecular formula is C21H24N4O3S. The van der Waals surface area contributed by atoms with Crippen LogP contribution < -0.4 is 10.0 Å². The number of aromatic nitrogens is 2. The Labute approximate surface area is 170 Å². The number of anilines is 1. The van der Waals surface area contributed by atoms with Gasteiger partial charge in [0, 0.05) is 36.2 Å². The molecule has 0 spiro atoms. The lowest BCUT2D eigenvalue weighted by molar-refractivity contribution is 0.102. The number of amides is 1. The van der Waals surface area contributed by atoms with Gasteiger partial charge in [0.15, 0.2) is 0 Å². The number of hydrogen-bond donors (Lipinski definition) is 2. The zero-order valence-electron chi connectivity index (χ0n) is 16.6. The van der Waals surface area contributed by atoms with Crippen LogP contribution in [0.25, 0.3) is 0 Å². The molecule has 3 aromatic rings. The predicted octanol–water partition coefficient (Wildman–Crippen LogP) is 3.18. The van der Waals surface area contributed by atoms with E-state index in [1.54, 1.807) is 20.0 Å². The van der Waals surface area contributed by atoms with Crippen LogP contribution in [0.5, 0.6) is 0 Å². The molecule has 0 atom stereocenters. The molecule has 0 aliphatic carbocycles. The molecule has 0 unspecified atom stereocenters. The van der Waals surface area contributed by atoms with Gasteiger partial charge in [-0.3, -0.25) is 4.79 Å². The van der Waals surface area contributed by atoms with Gasteiger partial charge < -0.3 is 9.88 Å². The highest BCUT2D eigenvalue weighted by Crippen LogP contribution is 2.15. The van der Waals surface area contributed by atoms with Crippen LogP contribution in [0.15, 0.2) is 65.8 Å². The van der Waals surface area contributed by atoms with Crippen molar-refractivity contribution in [2.75, 3.05) is 5.32 Å². The molecule has 0 aliphatic heterocycles. The highest BCUT2D eigenvalue weighted by Gasteiger charge is 2.16. The van der Waals surface area contributed by atoms with Crippen molar-refractivity contribution in [2.24, 2.45) is 0 Å². The molecule has 29 heavy (non-hydrogen) atoms. The monoisotopic (exact) mass is 412 g/mol. The smallest absolute Gasteiger partial charge is 0.255 e. The molecular weight excluding hydrogens is 388 g/mol. The largest absolute Gasteiger partial charge is 0.331 e. The maximum Gasteiger partial charge on any atom is 0.255 e. The Hall–Kier alpha value is -2.97. The zero-order valence-corrected chi connectivity index (χ0v) is 17.4. The lowest BCUT2D eigenvalue weighted by Crippen LogP contribution is -2.30. The molecule has 7 nitrogen and oxygen atoms in total. The van der Waals surface area contributed by atoms with Gasteiger partial charge in [0.25, 0.3) is 5.91 Å². The van der Waals surface area contributed by atoms with E-state index >= 15 is 0 Å². The molecule has 0 radical (unpaired) electrons.